The van der Waals surface area contributed by atoms with Gasteiger partial charge in [0, 0.05) is 12.6 Å². The van der Waals surface area contributed by atoms with Crippen molar-refractivity contribution in [2.75, 3.05) is 6.54 Å². The summed E-state index contributed by atoms with van der Waals surface area (Å²) in [5, 5.41) is 18.4. The third-order valence-corrected chi connectivity index (χ3v) is 5.22. The molecular formula is C13H19NO6S. The molecule has 1 aromatic heterocycles. The van der Waals surface area contributed by atoms with E-state index in [9.17, 15) is 18.3 Å². The highest BCUT2D eigenvalue weighted by Crippen LogP contribution is 2.25. The van der Waals surface area contributed by atoms with Crippen LogP contribution in [0.2, 0.25) is 0 Å². The molecule has 1 aliphatic rings. The second-order valence-corrected chi connectivity index (χ2v) is 7.11. The number of aryl methyl sites for hydroxylation is 1. The molecule has 1 aliphatic carbocycles. The van der Waals surface area contributed by atoms with E-state index in [4.69, 9.17) is 9.52 Å². The van der Waals surface area contributed by atoms with E-state index in [-0.39, 0.29) is 29.2 Å². The Labute approximate surface area is 123 Å². The summed E-state index contributed by atoms with van der Waals surface area (Å²) >= 11 is 0. The number of aliphatic hydroxyl groups excluding tert-OH is 1. The molecule has 118 valence electrons. The molecule has 0 saturated heterocycles. The fourth-order valence-corrected chi connectivity index (χ4v) is 3.88. The van der Waals surface area contributed by atoms with Crippen molar-refractivity contribution >= 4 is 16.0 Å². The highest BCUT2D eigenvalue weighted by molar-refractivity contribution is 7.89. The number of rotatable bonds is 5. The Balaban J connectivity index is 2.06. The van der Waals surface area contributed by atoms with E-state index in [0.29, 0.717) is 6.42 Å². The molecule has 2 rings (SSSR count). The molecule has 0 aromatic carbocycles. The van der Waals surface area contributed by atoms with Gasteiger partial charge in [0.1, 0.15) is 10.7 Å². The van der Waals surface area contributed by atoms with Gasteiger partial charge in [-0.15, -0.1) is 0 Å². The van der Waals surface area contributed by atoms with Crippen molar-refractivity contribution in [3.63, 3.8) is 0 Å². The zero-order valence-corrected chi connectivity index (χ0v) is 12.5. The highest BCUT2D eigenvalue weighted by atomic mass is 32.2. The molecule has 1 heterocycles. The normalized spacial score (nSPS) is 23.1. The molecule has 0 aliphatic heterocycles. The molecule has 2 atom stereocenters. The molecule has 7 nitrogen and oxygen atoms in total. The molecule has 1 aromatic rings. The molecule has 0 amide bonds. The number of nitrogens with one attached hydrogen (secondary N) is 1. The van der Waals surface area contributed by atoms with Gasteiger partial charge < -0.3 is 14.6 Å². The summed E-state index contributed by atoms with van der Waals surface area (Å²) in [6, 6.07) is 1.01. The Morgan fingerprint density at radius 3 is 2.76 bits per heavy atom. The third-order valence-electron chi connectivity index (χ3n) is 3.69. The van der Waals surface area contributed by atoms with E-state index in [1.807, 2.05) is 0 Å². The number of aromatic carboxylic acids is 1. The topological polar surface area (TPSA) is 117 Å². The minimum absolute atomic E-state index is 0.0450. The fourth-order valence-electron chi connectivity index (χ4n) is 2.59. The Kier molecular flexibility index (Phi) is 4.70. The zero-order valence-electron chi connectivity index (χ0n) is 11.7. The van der Waals surface area contributed by atoms with Gasteiger partial charge in [0.15, 0.2) is 0 Å². The molecule has 3 N–H and O–H groups in total. The van der Waals surface area contributed by atoms with Gasteiger partial charge >= 0.3 is 5.97 Å². The van der Waals surface area contributed by atoms with Crippen molar-refractivity contribution in [2.45, 2.75) is 43.6 Å². The second kappa shape index (κ2) is 6.17. The van der Waals surface area contributed by atoms with Crippen LogP contribution in [0.25, 0.3) is 0 Å². The quantitative estimate of drug-likeness (QED) is 0.749. The predicted octanol–water partition coefficient (Wildman–Crippen LogP) is 1.12. The average Bonchev–Trinajstić information content (AvgIpc) is 2.80. The second-order valence-electron chi connectivity index (χ2n) is 5.37. The molecule has 8 heteroatoms. The van der Waals surface area contributed by atoms with Gasteiger partial charge in [-0.05, 0) is 32.1 Å². The van der Waals surface area contributed by atoms with Crippen molar-refractivity contribution in [3.8, 4) is 0 Å². The van der Waals surface area contributed by atoms with E-state index in [1.165, 1.54) is 6.92 Å². The standard InChI is InChI=1S/C13H19NO6S/c1-8-12(6-11(20-8)13(16)17)21(18,19)14-7-9-3-2-4-10(15)5-9/h6,9-10,14-15H,2-5,7H2,1H3,(H,16,17). The van der Waals surface area contributed by atoms with Crippen LogP contribution in [-0.4, -0.2) is 37.2 Å². The van der Waals surface area contributed by atoms with Crippen LogP contribution < -0.4 is 4.72 Å². The van der Waals surface area contributed by atoms with Crippen molar-refractivity contribution in [1.29, 1.82) is 0 Å². The van der Waals surface area contributed by atoms with Gasteiger partial charge in [-0.2, -0.15) is 0 Å². The minimum Gasteiger partial charge on any atom is -0.475 e. The fraction of sp³-hybridized carbons (Fsp3) is 0.615. The molecule has 0 radical (unpaired) electrons. The van der Waals surface area contributed by atoms with E-state index >= 15 is 0 Å². The van der Waals surface area contributed by atoms with Crippen LogP contribution in [-0.2, 0) is 10.0 Å². The number of carboxylic acid groups (broad SMARTS) is 1. The number of sulfonamides is 1. The zero-order chi connectivity index (χ0) is 15.6. The Morgan fingerprint density at radius 1 is 1.48 bits per heavy atom. The lowest BCUT2D eigenvalue weighted by molar-refractivity contribution is 0.0661. The Bertz CT molecular complexity index is 621. The van der Waals surface area contributed by atoms with Gasteiger partial charge in [-0.25, -0.2) is 17.9 Å². The van der Waals surface area contributed by atoms with Gasteiger partial charge in [-0.1, -0.05) is 6.42 Å². The van der Waals surface area contributed by atoms with Crippen LogP contribution in [0.4, 0.5) is 0 Å². The summed E-state index contributed by atoms with van der Waals surface area (Å²) in [7, 11) is -3.81. The Morgan fingerprint density at radius 2 is 2.19 bits per heavy atom. The first-order valence-corrected chi connectivity index (χ1v) is 8.29. The molecule has 2 unspecified atom stereocenters. The summed E-state index contributed by atoms with van der Waals surface area (Å²) < 4.78 is 31.8. The van der Waals surface area contributed by atoms with Crippen molar-refractivity contribution in [2.24, 2.45) is 5.92 Å². The van der Waals surface area contributed by atoms with Crippen LogP contribution in [0.15, 0.2) is 15.4 Å². The summed E-state index contributed by atoms with van der Waals surface area (Å²) in [6.07, 6.45) is 2.70. The molecule has 1 fully saturated rings. The van der Waals surface area contributed by atoms with Gasteiger partial charge in [0.05, 0.1) is 6.10 Å². The first kappa shape index (κ1) is 16.0. The molecule has 0 spiro atoms. The van der Waals surface area contributed by atoms with E-state index in [0.717, 1.165) is 25.3 Å². The van der Waals surface area contributed by atoms with E-state index in [2.05, 4.69) is 4.72 Å². The van der Waals surface area contributed by atoms with E-state index in [1.54, 1.807) is 0 Å². The van der Waals surface area contributed by atoms with Crippen LogP contribution in [0.1, 0.15) is 42.0 Å². The lowest BCUT2D eigenvalue weighted by Crippen LogP contribution is -2.33. The van der Waals surface area contributed by atoms with Crippen molar-refractivity contribution < 1.29 is 27.8 Å². The van der Waals surface area contributed by atoms with Crippen LogP contribution in [0, 0.1) is 12.8 Å². The Hall–Kier alpha value is -1.38. The number of carboxylic acids is 1. The first-order chi connectivity index (χ1) is 9.79. The summed E-state index contributed by atoms with van der Waals surface area (Å²) in [5.74, 6) is -1.57. The smallest absolute Gasteiger partial charge is 0.371 e. The first-order valence-electron chi connectivity index (χ1n) is 6.81. The van der Waals surface area contributed by atoms with Gasteiger partial charge in [-0.3, -0.25) is 0 Å². The highest BCUT2D eigenvalue weighted by Gasteiger charge is 2.26. The largest absolute Gasteiger partial charge is 0.475 e. The predicted molar refractivity (Wildman–Crippen MR) is 73.6 cm³/mol. The van der Waals surface area contributed by atoms with Crippen LogP contribution in [0.3, 0.4) is 0 Å². The van der Waals surface area contributed by atoms with Crippen molar-refractivity contribution in [1.82, 2.24) is 4.72 Å². The van der Waals surface area contributed by atoms with Crippen molar-refractivity contribution in [3.05, 3.63) is 17.6 Å². The monoisotopic (exact) mass is 317 g/mol. The average molecular weight is 317 g/mol. The lowest BCUT2D eigenvalue weighted by Gasteiger charge is -2.25. The van der Waals surface area contributed by atoms with Gasteiger partial charge in [0.2, 0.25) is 15.8 Å². The molecule has 0 bridgehead atoms. The minimum atomic E-state index is -3.81. The summed E-state index contributed by atoms with van der Waals surface area (Å²) in [5.41, 5.74) is 0. The maximum absolute atomic E-state index is 12.2. The van der Waals surface area contributed by atoms with Crippen LogP contribution >= 0.6 is 0 Å². The maximum Gasteiger partial charge on any atom is 0.371 e. The number of hydrogen-bond acceptors (Lipinski definition) is 5. The summed E-state index contributed by atoms with van der Waals surface area (Å²) in [4.78, 5) is 10.6. The number of furan rings is 1. The molecule has 1 saturated carbocycles. The molecular weight excluding hydrogens is 298 g/mol. The number of carbonyl (C=O) groups is 1. The lowest BCUT2D eigenvalue weighted by atomic mass is 9.87. The maximum atomic E-state index is 12.2. The van der Waals surface area contributed by atoms with E-state index < -0.39 is 21.8 Å². The van der Waals surface area contributed by atoms with Crippen LogP contribution in [0.5, 0.6) is 0 Å². The van der Waals surface area contributed by atoms with Gasteiger partial charge in [0.25, 0.3) is 0 Å². The third kappa shape index (κ3) is 3.84. The SMILES string of the molecule is Cc1oc(C(=O)O)cc1S(=O)(=O)NCC1CCCC(O)C1. The number of aliphatic hydroxyl groups is 1. The summed E-state index contributed by atoms with van der Waals surface area (Å²) in [6.45, 7) is 1.64. The number of hydrogen-bond donors (Lipinski definition) is 3. The molecule has 21 heavy (non-hydrogen) atoms.